The molecular formula is C19H46N2OSi2. The van der Waals surface area contributed by atoms with Gasteiger partial charge < -0.3 is 4.43 Å². The second kappa shape index (κ2) is 14.5. The highest BCUT2D eigenvalue weighted by Crippen LogP contribution is 2.17. The van der Waals surface area contributed by atoms with Crippen molar-refractivity contribution in [1.29, 1.82) is 0 Å². The van der Waals surface area contributed by atoms with E-state index in [1.165, 1.54) is 64.0 Å². The zero-order valence-corrected chi connectivity index (χ0v) is 20.3. The van der Waals surface area contributed by atoms with E-state index in [1.54, 1.807) is 0 Å². The normalized spacial score (nSPS) is 13.2. The van der Waals surface area contributed by atoms with Crippen LogP contribution in [-0.2, 0) is 4.43 Å². The van der Waals surface area contributed by atoms with Crippen molar-refractivity contribution < 1.29 is 4.43 Å². The van der Waals surface area contributed by atoms with Crippen LogP contribution in [0.5, 0.6) is 0 Å². The van der Waals surface area contributed by atoms with Crippen LogP contribution in [0.25, 0.3) is 0 Å². The molecule has 0 amide bonds. The highest BCUT2D eigenvalue weighted by Gasteiger charge is 2.21. The Morgan fingerprint density at radius 1 is 0.792 bits per heavy atom. The monoisotopic (exact) mass is 374 g/mol. The number of hydrogen-bond acceptors (Lipinski definition) is 3. The van der Waals surface area contributed by atoms with Gasteiger partial charge in [-0.3, -0.25) is 9.80 Å². The summed E-state index contributed by atoms with van der Waals surface area (Å²) in [6.07, 6.45) is 5.64. The minimum Gasteiger partial charge on any atom is -0.418 e. The van der Waals surface area contributed by atoms with E-state index in [9.17, 15) is 0 Å². The fraction of sp³-hybridized carbons (Fsp3) is 1.00. The molecule has 0 spiro atoms. The molecule has 0 aliphatic rings. The quantitative estimate of drug-likeness (QED) is 0.227. The average Bonchev–Trinajstić information content (AvgIpc) is 2.55. The molecule has 0 radical (unpaired) electrons. The van der Waals surface area contributed by atoms with Crippen LogP contribution < -0.4 is 0 Å². The molecule has 0 aliphatic heterocycles. The van der Waals surface area contributed by atoms with Crippen LogP contribution in [0.3, 0.4) is 0 Å². The Morgan fingerprint density at radius 2 is 1.29 bits per heavy atom. The van der Waals surface area contributed by atoms with Gasteiger partial charge in [-0.25, -0.2) is 0 Å². The number of rotatable bonds is 16. The first-order chi connectivity index (χ1) is 11.5. The summed E-state index contributed by atoms with van der Waals surface area (Å²) in [6.45, 7) is 21.8. The first-order valence-corrected chi connectivity index (χ1v) is 15.5. The summed E-state index contributed by atoms with van der Waals surface area (Å²) in [5.41, 5.74) is 0. The second-order valence-electron chi connectivity index (χ2n) is 7.42. The zero-order chi connectivity index (χ0) is 18.4. The maximum atomic E-state index is 5.93. The predicted octanol–water partition coefficient (Wildman–Crippen LogP) is 4.34. The summed E-state index contributed by atoms with van der Waals surface area (Å²) in [5, 5.41) is 0. The van der Waals surface area contributed by atoms with E-state index in [0.29, 0.717) is 0 Å². The maximum Gasteiger partial charge on any atom is 0.186 e. The molecule has 0 bridgehead atoms. The topological polar surface area (TPSA) is 15.7 Å². The Labute approximate surface area is 156 Å². The van der Waals surface area contributed by atoms with Crippen LogP contribution in [0, 0.1) is 0 Å². The lowest BCUT2D eigenvalue weighted by molar-refractivity contribution is 0.114. The lowest BCUT2D eigenvalue weighted by atomic mass is 10.2. The number of hydrogen-bond donors (Lipinski definition) is 0. The molecule has 5 heteroatoms. The smallest absolute Gasteiger partial charge is 0.186 e. The van der Waals surface area contributed by atoms with Crippen LogP contribution in [0.2, 0.25) is 25.2 Å². The van der Waals surface area contributed by atoms with Gasteiger partial charge in [-0.1, -0.05) is 59.4 Å². The Morgan fingerprint density at radius 3 is 1.75 bits per heavy atom. The molecule has 0 unspecified atom stereocenters. The summed E-state index contributed by atoms with van der Waals surface area (Å²) in [7, 11) is -1.39. The second-order valence-corrected chi connectivity index (χ2v) is 13.7. The van der Waals surface area contributed by atoms with Crippen molar-refractivity contribution in [2.24, 2.45) is 0 Å². The lowest BCUT2D eigenvalue weighted by Gasteiger charge is -2.38. The van der Waals surface area contributed by atoms with Gasteiger partial charge in [-0.15, -0.1) is 0 Å². The van der Waals surface area contributed by atoms with Gasteiger partial charge in [-0.2, -0.15) is 0 Å². The van der Waals surface area contributed by atoms with E-state index in [1.807, 2.05) is 0 Å². The van der Waals surface area contributed by atoms with Gasteiger partial charge in [0.05, 0.1) is 9.52 Å². The van der Waals surface area contributed by atoms with Gasteiger partial charge in [0.25, 0.3) is 0 Å². The molecular weight excluding hydrogens is 328 g/mol. The van der Waals surface area contributed by atoms with Crippen LogP contribution in [0.4, 0.5) is 0 Å². The van der Waals surface area contributed by atoms with E-state index < -0.39 is 8.32 Å². The molecule has 0 N–H and O–H groups in total. The molecule has 0 aliphatic carbocycles. The summed E-state index contributed by atoms with van der Waals surface area (Å²) in [5.74, 6) is 0.777. The molecule has 0 aromatic carbocycles. The zero-order valence-electron chi connectivity index (χ0n) is 17.9. The highest BCUT2D eigenvalue weighted by atomic mass is 28.4. The molecule has 0 atom stereocenters. The third kappa shape index (κ3) is 10.3. The largest absolute Gasteiger partial charge is 0.418 e. The van der Waals surface area contributed by atoms with Crippen molar-refractivity contribution in [1.82, 2.24) is 9.80 Å². The molecule has 0 aromatic rings. The molecule has 0 heterocycles. The molecule has 0 aromatic heterocycles. The maximum absolute atomic E-state index is 5.93. The fourth-order valence-electron chi connectivity index (χ4n) is 3.76. The summed E-state index contributed by atoms with van der Waals surface area (Å²) >= 11 is 0. The van der Waals surface area contributed by atoms with Crippen molar-refractivity contribution in [2.45, 2.75) is 91.3 Å². The SMILES string of the molecule is CCO[Si](C)(C)CCCCCC[SiH2]C(N(CC)CC)N(CC)CC. The van der Waals surface area contributed by atoms with Crippen LogP contribution in [-0.4, -0.2) is 66.2 Å². The Kier molecular flexibility index (Phi) is 14.7. The first-order valence-electron chi connectivity index (χ1n) is 10.6. The summed E-state index contributed by atoms with van der Waals surface area (Å²) in [4.78, 5) is 5.38. The molecule has 0 fully saturated rings. The Bertz CT molecular complexity index is 271. The third-order valence-electron chi connectivity index (χ3n) is 5.24. The van der Waals surface area contributed by atoms with Gasteiger partial charge in [0.1, 0.15) is 0 Å². The van der Waals surface area contributed by atoms with E-state index in [2.05, 4.69) is 57.5 Å². The van der Waals surface area contributed by atoms with Gasteiger partial charge in [0, 0.05) is 12.4 Å². The van der Waals surface area contributed by atoms with E-state index in [4.69, 9.17) is 4.43 Å². The van der Waals surface area contributed by atoms with Crippen molar-refractivity contribution >= 4 is 17.8 Å². The van der Waals surface area contributed by atoms with Gasteiger partial charge in [0.15, 0.2) is 8.32 Å². The van der Waals surface area contributed by atoms with Crippen LogP contribution in [0.1, 0.15) is 60.3 Å². The van der Waals surface area contributed by atoms with E-state index in [0.717, 1.165) is 12.4 Å². The van der Waals surface area contributed by atoms with Crippen molar-refractivity contribution in [3.63, 3.8) is 0 Å². The van der Waals surface area contributed by atoms with E-state index >= 15 is 0 Å². The summed E-state index contributed by atoms with van der Waals surface area (Å²) < 4.78 is 5.93. The minimum atomic E-state index is -1.34. The average molecular weight is 375 g/mol. The van der Waals surface area contributed by atoms with Crippen molar-refractivity contribution in [3.05, 3.63) is 0 Å². The van der Waals surface area contributed by atoms with E-state index in [-0.39, 0.29) is 9.52 Å². The van der Waals surface area contributed by atoms with Crippen molar-refractivity contribution in [2.75, 3.05) is 32.8 Å². The number of nitrogens with zero attached hydrogens (tertiary/aromatic N) is 2. The number of unbranched alkanes of at least 4 members (excludes halogenated alkanes) is 3. The predicted molar refractivity (Wildman–Crippen MR) is 115 cm³/mol. The Balaban J connectivity index is 4.03. The molecule has 0 saturated carbocycles. The standard InChI is InChI=1S/C19H46N2OSi2/c1-8-20(9-2)19(21(10-3)11-4)23-17-15-13-14-16-18-24(6,7)22-12-5/h19H,8-18,23H2,1-7H3. The highest BCUT2D eigenvalue weighted by molar-refractivity contribution is 6.71. The first kappa shape index (κ1) is 24.3. The molecule has 0 rings (SSSR count). The fourth-order valence-corrected chi connectivity index (χ4v) is 8.55. The van der Waals surface area contributed by atoms with Gasteiger partial charge in [0.2, 0.25) is 0 Å². The molecule has 3 nitrogen and oxygen atoms in total. The lowest BCUT2D eigenvalue weighted by Crippen LogP contribution is -2.51. The molecule has 146 valence electrons. The van der Waals surface area contributed by atoms with Crippen LogP contribution in [0.15, 0.2) is 0 Å². The third-order valence-corrected chi connectivity index (χ3v) is 10.3. The Hall–Kier alpha value is 0.314. The van der Waals surface area contributed by atoms with Gasteiger partial charge >= 0.3 is 0 Å². The van der Waals surface area contributed by atoms with Gasteiger partial charge in [-0.05, 0) is 52.2 Å². The van der Waals surface area contributed by atoms with Crippen molar-refractivity contribution in [3.8, 4) is 0 Å². The molecule has 0 saturated heterocycles. The minimum absolute atomic E-state index is 0.0474. The molecule has 24 heavy (non-hydrogen) atoms. The van der Waals surface area contributed by atoms with Crippen LogP contribution >= 0.6 is 0 Å². The summed E-state index contributed by atoms with van der Waals surface area (Å²) in [6, 6.07) is 2.84.